The van der Waals surface area contributed by atoms with Crippen LogP contribution in [0.3, 0.4) is 0 Å². The monoisotopic (exact) mass is 334 g/mol. The fourth-order valence-corrected chi connectivity index (χ4v) is 3.33. The van der Waals surface area contributed by atoms with E-state index in [0.29, 0.717) is 24.6 Å². The van der Waals surface area contributed by atoms with Gasteiger partial charge in [0.05, 0.1) is 0 Å². The van der Waals surface area contributed by atoms with Gasteiger partial charge in [0.2, 0.25) is 17.6 Å². The van der Waals surface area contributed by atoms with Crippen LogP contribution in [0.4, 0.5) is 0 Å². The lowest BCUT2D eigenvalue weighted by Gasteiger charge is -2.34. The molecular weight excluding hydrogens is 312 g/mol. The fourth-order valence-electron chi connectivity index (χ4n) is 2.69. The highest BCUT2D eigenvalue weighted by molar-refractivity contribution is 7.08. The van der Waals surface area contributed by atoms with Crippen molar-refractivity contribution in [2.45, 2.75) is 32.6 Å². The third-order valence-corrected chi connectivity index (χ3v) is 5.02. The second-order valence-corrected chi connectivity index (χ2v) is 7.14. The first-order chi connectivity index (χ1) is 11.1. The molecule has 0 radical (unpaired) electrons. The molecule has 0 unspecified atom stereocenters. The van der Waals surface area contributed by atoms with Gasteiger partial charge in [-0.2, -0.15) is 16.3 Å². The Bertz CT molecular complexity index is 632. The van der Waals surface area contributed by atoms with E-state index in [4.69, 9.17) is 4.52 Å². The Balaban J connectivity index is 1.44. The van der Waals surface area contributed by atoms with Gasteiger partial charge in [-0.25, -0.2) is 0 Å². The molecule has 2 N–H and O–H groups in total. The summed E-state index contributed by atoms with van der Waals surface area (Å²) in [7, 11) is 0. The second kappa shape index (κ2) is 7.23. The van der Waals surface area contributed by atoms with E-state index in [1.807, 2.05) is 16.8 Å². The zero-order valence-corrected chi connectivity index (χ0v) is 14.1. The first-order valence-electron chi connectivity index (χ1n) is 7.97. The van der Waals surface area contributed by atoms with Gasteiger partial charge in [-0.3, -0.25) is 4.79 Å². The van der Waals surface area contributed by atoms with Crippen LogP contribution in [0.5, 0.6) is 0 Å². The van der Waals surface area contributed by atoms with Crippen molar-refractivity contribution in [3.63, 3.8) is 0 Å². The molecule has 0 bridgehead atoms. The minimum atomic E-state index is 0.0417. The largest absolute Gasteiger partial charge is 0.356 e. The van der Waals surface area contributed by atoms with Gasteiger partial charge in [0.25, 0.3) is 0 Å². The lowest BCUT2D eigenvalue weighted by Crippen LogP contribution is -2.42. The molecule has 7 heteroatoms. The Labute approximate surface area is 139 Å². The molecule has 6 nitrogen and oxygen atoms in total. The van der Waals surface area contributed by atoms with E-state index >= 15 is 0 Å². The van der Waals surface area contributed by atoms with E-state index in [0.717, 1.165) is 38.0 Å². The van der Waals surface area contributed by atoms with Crippen LogP contribution in [0.1, 0.15) is 32.1 Å². The summed E-state index contributed by atoms with van der Waals surface area (Å²) in [6, 6.07) is 1.95. The van der Waals surface area contributed by atoms with Gasteiger partial charge >= 0.3 is 0 Å². The van der Waals surface area contributed by atoms with Crippen molar-refractivity contribution in [3.05, 3.63) is 22.7 Å². The van der Waals surface area contributed by atoms with E-state index in [-0.39, 0.29) is 11.3 Å². The minimum absolute atomic E-state index is 0.0417. The van der Waals surface area contributed by atoms with Crippen LogP contribution in [-0.2, 0) is 11.2 Å². The number of carbonyl (C=O) groups excluding carboxylic acids is 1. The summed E-state index contributed by atoms with van der Waals surface area (Å²) < 4.78 is 5.21. The van der Waals surface area contributed by atoms with Crippen molar-refractivity contribution in [1.29, 1.82) is 0 Å². The second-order valence-electron chi connectivity index (χ2n) is 6.36. The van der Waals surface area contributed by atoms with Gasteiger partial charge in [0, 0.05) is 30.3 Å². The quantitative estimate of drug-likeness (QED) is 0.847. The number of aryl methyl sites for hydroxylation is 1. The van der Waals surface area contributed by atoms with E-state index in [9.17, 15) is 4.79 Å². The van der Waals surface area contributed by atoms with Gasteiger partial charge in [0.1, 0.15) is 0 Å². The molecule has 0 aliphatic carbocycles. The van der Waals surface area contributed by atoms with Crippen LogP contribution in [0, 0.1) is 5.41 Å². The third kappa shape index (κ3) is 4.39. The molecule has 1 aliphatic heterocycles. The number of aromatic nitrogens is 2. The maximum atomic E-state index is 12.0. The molecule has 0 aromatic carbocycles. The number of amides is 1. The highest BCUT2D eigenvalue weighted by Gasteiger charge is 2.26. The summed E-state index contributed by atoms with van der Waals surface area (Å²) in [4.78, 5) is 16.4. The summed E-state index contributed by atoms with van der Waals surface area (Å²) in [5.74, 6) is 1.14. The fraction of sp³-hybridized carbons (Fsp3) is 0.562. The average Bonchev–Trinajstić information content (AvgIpc) is 3.23. The first kappa shape index (κ1) is 16.1. The molecule has 2 aromatic heterocycles. The molecule has 3 heterocycles. The average molecular weight is 334 g/mol. The Kier molecular flexibility index (Phi) is 5.07. The number of nitrogens with zero attached hydrogens (tertiary/aromatic N) is 2. The number of piperidine rings is 1. The molecule has 23 heavy (non-hydrogen) atoms. The molecular formula is C16H22N4O2S. The number of hydrogen-bond acceptors (Lipinski definition) is 6. The smallest absolute Gasteiger partial charge is 0.227 e. The van der Waals surface area contributed by atoms with Crippen molar-refractivity contribution >= 4 is 17.2 Å². The van der Waals surface area contributed by atoms with Gasteiger partial charge in [-0.15, -0.1) is 0 Å². The lowest BCUT2D eigenvalue weighted by molar-refractivity contribution is -0.121. The van der Waals surface area contributed by atoms with Crippen LogP contribution in [-0.4, -0.2) is 35.7 Å². The van der Waals surface area contributed by atoms with E-state index in [1.165, 1.54) is 0 Å². The highest BCUT2D eigenvalue weighted by atomic mass is 32.1. The molecule has 2 aromatic rings. The lowest BCUT2D eigenvalue weighted by atomic mass is 9.81. The standard InChI is InChI=1S/C16H22N4O2S/c1-16(5-7-17-8-6-16)11-18-13(21)2-3-14-19-15(20-22-14)12-4-9-23-10-12/h4,9-10,17H,2-3,5-8,11H2,1H3,(H,18,21). The molecule has 0 saturated carbocycles. The highest BCUT2D eigenvalue weighted by Crippen LogP contribution is 2.26. The van der Waals surface area contributed by atoms with Crippen molar-refractivity contribution in [1.82, 2.24) is 20.8 Å². The topological polar surface area (TPSA) is 80.1 Å². The molecule has 0 atom stereocenters. The maximum Gasteiger partial charge on any atom is 0.227 e. The van der Waals surface area contributed by atoms with Crippen LogP contribution >= 0.6 is 11.3 Å². The number of thiophene rings is 1. The summed E-state index contributed by atoms with van der Waals surface area (Å²) in [5.41, 5.74) is 1.16. The summed E-state index contributed by atoms with van der Waals surface area (Å²) in [6.07, 6.45) is 3.04. The van der Waals surface area contributed by atoms with Gasteiger partial charge in [-0.05, 0) is 42.8 Å². The first-order valence-corrected chi connectivity index (χ1v) is 8.91. The van der Waals surface area contributed by atoms with Crippen molar-refractivity contribution in [2.75, 3.05) is 19.6 Å². The molecule has 1 saturated heterocycles. The molecule has 1 fully saturated rings. The summed E-state index contributed by atoms with van der Waals surface area (Å²) >= 11 is 1.59. The zero-order valence-electron chi connectivity index (χ0n) is 13.3. The molecule has 0 spiro atoms. The summed E-state index contributed by atoms with van der Waals surface area (Å²) in [6.45, 7) is 5.02. The van der Waals surface area contributed by atoms with E-state index in [1.54, 1.807) is 11.3 Å². The van der Waals surface area contributed by atoms with Gasteiger partial charge < -0.3 is 15.2 Å². The maximum absolute atomic E-state index is 12.0. The van der Waals surface area contributed by atoms with E-state index in [2.05, 4.69) is 27.7 Å². The predicted octanol–water partition coefficient (Wildman–Crippen LogP) is 2.24. The number of rotatable bonds is 6. The number of nitrogens with one attached hydrogen (secondary N) is 2. The Hall–Kier alpha value is -1.73. The Morgan fingerprint density at radius 3 is 3.04 bits per heavy atom. The molecule has 1 amide bonds. The van der Waals surface area contributed by atoms with Crippen LogP contribution in [0.25, 0.3) is 11.4 Å². The van der Waals surface area contributed by atoms with Crippen molar-refractivity contribution in [2.24, 2.45) is 5.41 Å². The summed E-state index contributed by atoms with van der Waals surface area (Å²) in [5, 5.41) is 14.3. The Morgan fingerprint density at radius 2 is 2.30 bits per heavy atom. The van der Waals surface area contributed by atoms with Gasteiger partial charge in [-0.1, -0.05) is 12.1 Å². The van der Waals surface area contributed by atoms with Crippen LogP contribution in [0.15, 0.2) is 21.3 Å². The van der Waals surface area contributed by atoms with Crippen LogP contribution < -0.4 is 10.6 Å². The van der Waals surface area contributed by atoms with Crippen molar-refractivity contribution in [3.8, 4) is 11.4 Å². The minimum Gasteiger partial charge on any atom is -0.356 e. The number of carbonyl (C=O) groups is 1. The molecule has 1 aliphatic rings. The van der Waals surface area contributed by atoms with Crippen molar-refractivity contribution < 1.29 is 9.32 Å². The predicted molar refractivity (Wildman–Crippen MR) is 89.2 cm³/mol. The third-order valence-electron chi connectivity index (χ3n) is 4.34. The zero-order chi connectivity index (χ0) is 16.1. The van der Waals surface area contributed by atoms with Crippen LogP contribution in [0.2, 0.25) is 0 Å². The normalized spacial score (nSPS) is 17.1. The van der Waals surface area contributed by atoms with Gasteiger partial charge in [0.15, 0.2) is 0 Å². The number of hydrogen-bond donors (Lipinski definition) is 2. The van der Waals surface area contributed by atoms with E-state index < -0.39 is 0 Å². The molecule has 3 rings (SSSR count). The Morgan fingerprint density at radius 1 is 1.48 bits per heavy atom. The SMILES string of the molecule is CC1(CNC(=O)CCc2nc(-c3ccsc3)no2)CCNCC1. The molecule has 124 valence electrons.